The number of pyridine rings is 2. The van der Waals surface area contributed by atoms with Crippen LogP contribution in [0, 0.1) is 0 Å². The number of halogens is 1. The molecule has 3 unspecified atom stereocenters. The molecule has 9 nitrogen and oxygen atoms in total. The Balaban J connectivity index is 2.52. The zero-order valence-corrected chi connectivity index (χ0v) is 18.5. The van der Waals surface area contributed by atoms with Gasteiger partial charge in [0.05, 0.1) is 28.9 Å². The first-order valence-electron chi connectivity index (χ1n) is 8.87. The van der Waals surface area contributed by atoms with E-state index in [0.717, 1.165) is 0 Å². The van der Waals surface area contributed by atoms with Crippen molar-refractivity contribution >= 4 is 32.2 Å². The average molecular weight is 442 g/mol. The zero-order chi connectivity index (χ0) is 21.8. The predicted molar refractivity (Wildman–Crippen MR) is 112 cm³/mol. The zero-order valence-electron chi connectivity index (χ0n) is 17.0. The summed E-state index contributed by atoms with van der Waals surface area (Å²) in [5.74, 6) is 0.293. The summed E-state index contributed by atoms with van der Waals surface area (Å²) in [5, 5.41) is 4.83. The summed E-state index contributed by atoms with van der Waals surface area (Å²) < 4.78 is 34.6. The molecule has 3 atom stereocenters. The van der Waals surface area contributed by atoms with Crippen LogP contribution in [-0.4, -0.2) is 49.7 Å². The molecule has 0 spiro atoms. The second-order valence-electron chi connectivity index (χ2n) is 7.23. The standard InChI is InChI=1S/C18H24ClN5O4S/c1-11(6-12(2)29(5,25)26)28-17-14-8-21-16(19)7-13(14)15(9-22-17)18(3,10-27-4)23-24-20/h7-9,11-12H,6,10H2,1-5H3. The molecule has 0 saturated carbocycles. The number of sulfone groups is 1. The molecule has 0 amide bonds. The lowest BCUT2D eigenvalue weighted by molar-refractivity contribution is 0.141. The van der Waals surface area contributed by atoms with E-state index < -0.39 is 26.7 Å². The first kappa shape index (κ1) is 23.2. The lowest BCUT2D eigenvalue weighted by Gasteiger charge is -2.26. The number of methoxy groups -OCH3 is 1. The van der Waals surface area contributed by atoms with E-state index in [2.05, 4.69) is 20.0 Å². The number of nitrogens with zero attached hydrogens (tertiary/aromatic N) is 5. The predicted octanol–water partition coefficient (Wildman–Crippen LogP) is 4.05. The van der Waals surface area contributed by atoms with Gasteiger partial charge in [-0.2, -0.15) is 0 Å². The van der Waals surface area contributed by atoms with E-state index in [-0.39, 0.29) is 11.8 Å². The second-order valence-corrected chi connectivity index (χ2v) is 10.1. The van der Waals surface area contributed by atoms with Crippen LogP contribution < -0.4 is 4.74 Å². The van der Waals surface area contributed by atoms with Crippen LogP contribution in [0.4, 0.5) is 0 Å². The smallest absolute Gasteiger partial charge is 0.223 e. The van der Waals surface area contributed by atoms with Crippen LogP contribution in [0.25, 0.3) is 21.2 Å². The highest BCUT2D eigenvalue weighted by Gasteiger charge is 2.29. The molecule has 0 bridgehead atoms. The molecule has 0 aromatic carbocycles. The fourth-order valence-electron chi connectivity index (χ4n) is 3.03. The van der Waals surface area contributed by atoms with Crippen molar-refractivity contribution in [3.8, 4) is 5.88 Å². The van der Waals surface area contributed by atoms with Gasteiger partial charge in [0, 0.05) is 37.1 Å². The van der Waals surface area contributed by atoms with E-state index >= 15 is 0 Å². The van der Waals surface area contributed by atoms with Crippen molar-refractivity contribution in [2.45, 2.75) is 44.1 Å². The van der Waals surface area contributed by atoms with Gasteiger partial charge in [0.1, 0.15) is 15.0 Å². The van der Waals surface area contributed by atoms with Crippen LogP contribution >= 0.6 is 11.6 Å². The highest BCUT2D eigenvalue weighted by atomic mass is 35.5. The van der Waals surface area contributed by atoms with E-state index in [1.807, 2.05) is 0 Å². The van der Waals surface area contributed by atoms with Gasteiger partial charge >= 0.3 is 0 Å². The number of azide groups is 1. The number of hydrogen-bond acceptors (Lipinski definition) is 7. The lowest BCUT2D eigenvalue weighted by atomic mass is 9.91. The molecule has 2 aromatic heterocycles. The van der Waals surface area contributed by atoms with E-state index in [9.17, 15) is 8.42 Å². The van der Waals surface area contributed by atoms with Gasteiger partial charge < -0.3 is 9.47 Å². The molecule has 11 heteroatoms. The first-order valence-corrected chi connectivity index (χ1v) is 11.2. The molecule has 29 heavy (non-hydrogen) atoms. The molecule has 2 heterocycles. The van der Waals surface area contributed by atoms with Crippen LogP contribution in [0.5, 0.6) is 5.88 Å². The van der Waals surface area contributed by atoms with Crippen molar-refractivity contribution in [2.75, 3.05) is 20.0 Å². The Labute approximate surface area is 174 Å². The molecular formula is C18H24ClN5O4S. The Bertz CT molecular complexity index is 1040. The van der Waals surface area contributed by atoms with Gasteiger partial charge in [0.25, 0.3) is 0 Å². The first-order chi connectivity index (χ1) is 13.5. The summed E-state index contributed by atoms with van der Waals surface area (Å²) in [5.41, 5.74) is 8.60. The van der Waals surface area contributed by atoms with Gasteiger partial charge in [0.15, 0.2) is 0 Å². The van der Waals surface area contributed by atoms with Gasteiger partial charge in [-0.3, -0.25) is 0 Å². The third kappa shape index (κ3) is 5.48. The Hall–Kier alpha value is -2.13. The average Bonchev–Trinajstić information content (AvgIpc) is 2.61. The molecule has 0 fully saturated rings. The van der Waals surface area contributed by atoms with Crippen LogP contribution in [0.1, 0.15) is 32.8 Å². The minimum absolute atomic E-state index is 0.135. The monoisotopic (exact) mass is 441 g/mol. The lowest BCUT2D eigenvalue weighted by Crippen LogP contribution is -2.26. The number of ether oxygens (including phenoxy) is 2. The Morgan fingerprint density at radius 3 is 2.59 bits per heavy atom. The summed E-state index contributed by atoms with van der Waals surface area (Å²) in [6, 6.07) is 1.64. The number of fused-ring (bicyclic) bond motifs is 1. The fourth-order valence-corrected chi connectivity index (χ4v) is 3.81. The third-order valence-electron chi connectivity index (χ3n) is 4.68. The molecular weight excluding hydrogens is 418 g/mol. The molecule has 158 valence electrons. The maximum absolute atomic E-state index is 11.7. The van der Waals surface area contributed by atoms with E-state index in [1.165, 1.54) is 19.6 Å². The summed E-state index contributed by atoms with van der Waals surface area (Å²) in [7, 11) is -1.66. The Kier molecular flexibility index (Phi) is 7.29. The van der Waals surface area contributed by atoms with Gasteiger partial charge in [-0.05, 0) is 43.3 Å². The maximum atomic E-state index is 11.7. The molecule has 0 N–H and O–H groups in total. The molecule has 0 radical (unpaired) electrons. The van der Waals surface area contributed by atoms with Crippen molar-refractivity contribution < 1.29 is 17.9 Å². The number of hydrogen-bond donors (Lipinski definition) is 0. The van der Waals surface area contributed by atoms with Gasteiger partial charge in [-0.15, -0.1) is 0 Å². The highest BCUT2D eigenvalue weighted by Crippen LogP contribution is 2.36. The highest BCUT2D eigenvalue weighted by molar-refractivity contribution is 7.91. The number of rotatable bonds is 9. The van der Waals surface area contributed by atoms with Gasteiger partial charge in [0.2, 0.25) is 5.88 Å². The Morgan fingerprint density at radius 2 is 2.00 bits per heavy atom. The molecule has 2 aromatic rings. The Morgan fingerprint density at radius 1 is 1.31 bits per heavy atom. The maximum Gasteiger partial charge on any atom is 0.223 e. The minimum atomic E-state index is -3.17. The van der Waals surface area contributed by atoms with E-state index in [1.54, 1.807) is 33.0 Å². The molecule has 0 aliphatic carbocycles. The van der Waals surface area contributed by atoms with Crippen molar-refractivity contribution in [1.29, 1.82) is 0 Å². The minimum Gasteiger partial charge on any atom is -0.474 e. The van der Waals surface area contributed by atoms with Crippen molar-refractivity contribution in [2.24, 2.45) is 5.11 Å². The normalized spacial score (nSPS) is 15.9. The van der Waals surface area contributed by atoms with Gasteiger partial charge in [-0.25, -0.2) is 18.4 Å². The van der Waals surface area contributed by atoms with Crippen molar-refractivity contribution in [3.05, 3.63) is 39.6 Å². The quantitative estimate of drug-likeness (QED) is 0.250. The van der Waals surface area contributed by atoms with Gasteiger partial charge in [-0.1, -0.05) is 16.7 Å². The van der Waals surface area contributed by atoms with Crippen molar-refractivity contribution in [3.63, 3.8) is 0 Å². The summed E-state index contributed by atoms with van der Waals surface area (Å²) in [4.78, 5) is 11.4. The summed E-state index contributed by atoms with van der Waals surface area (Å²) in [6.45, 7) is 5.29. The second kappa shape index (κ2) is 9.13. The molecule has 0 saturated heterocycles. The SMILES string of the molecule is COCC(C)(N=[N+]=[N-])c1cnc(OC(C)CC(C)S(C)(=O)=O)c2cnc(Cl)cc12. The summed E-state index contributed by atoms with van der Waals surface area (Å²) >= 11 is 6.10. The summed E-state index contributed by atoms with van der Waals surface area (Å²) in [6.07, 6.45) is 4.18. The van der Waals surface area contributed by atoms with Crippen molar-refractivity contribution in [1.82, 2.24) is 9.97 Å². The van der Waals surface area contributed by atoms with Crippen LogP contribution in [0.3, 0.4) is 0 Å². The van der Waals surface area contributed by atoms with Crippen LogP contribution in [0.15, 0.2) is 23.6 Å². The van der Waals surface area contributed by atoms with E-state index in [0.29, 0.717) is 28.6 Å². The van der Waals surface area contributed by atoms with Crippen LogP contribution in [-0.2, 0) is 20.1 Å². The fraction of sp³-hybridized carbons (Fsp3) is 0.556. The molecule has 0 aliphatic rings. The van der Waals surface area contributed by atoms with Crippen LogP contribution in [0.2, 0.25) is 5.15 Å². The topological polar surface area (TPSA) is 127 Å². The molecule has 2 rings (SSSR count). The van der Waals surface area contributed by atoms with E-state index in [4.69, 9.17) is 26.6 Å². The number of aromatic nitrogens is 2. The third-order valence-corrected chi connectivity index (χ3v) is 6.54. The largest absolute Gasteiger partial charge is 0.474 e. The molecule has 0 aliphatic heterocycles.